The van der Waals surface area contributed by atoms with E-state index in [-0.39, 0.29) is 21.1 Å². The van der Waals surface area contributed by atoms with E-state index in [1.54, 1.807) is 18.3 Å². The molecule has 0 radical (unpaired) electrons. The quantitative estimate of drug-likeness (QED) is 0.165. The van der Waals surface area contributed by atoms with E-state index in [2.05, 4.69) is 29.0 Å². The van der Waals surface area contributed by atoms with Crippen LogP contribution in [0.15, 0.2) is 94.0 Å². The third-order valence-corrected chi connectivity index (χ3v) is 10.1. The topological polar surface area (TPSA) is 128 Å². The average molecular weight is 691 g/mol. The van der Waals surface area contributed by atoms with Crippen LogP contribution in [0.2, 0.25) is 0 Å². The number of nitrogens with zero attached hydrogens (tertiary/aromatic N) is 2. The Morgan fingerprint density at radius 2 is 1.17 bits per heavy atom. The molecule has 0 atom stereocenters. The number of ketones is 1. The Hall–Kier alpha value is -4.25. The molecule has 244 valence electrons. The van der Waals surface area contributed by atoms with Gasteiger partial charge in [-0.1, -0.05) is 17.2 Å². The highest BCUT2D eigenvalue weighted by molar-refractivity contribution is 7.91. The zero-order valence-corrected chi connectivity index (χ0v) is 29.3. The van der Waals surface area contributed by atoms with E-state index < -0.39 is 24.9 Å². The van der Waals surface area contributed by atoms with Gasteiger partial charge >= 0.3 is 0 Å². The van der Waals surface area contributed by atoms with Gasteiger partial charge in [0, 0.05) is 58.6 Å². The highest BCUT2D eigenvalue weighted by Crippen LogP contribution is 2.35. The number of carbonyl (C=O) groups is 2. The maximum Gasteiger partial charge on any atom is 0.252 e. The zero-order chi connectivity index (χ0) is 34.7. The first-order valence-electron chi connectivity index (χ1n) is 14.6. The lowest BCUT2D eigenvalue weighted by atomic mass is 9.97. The molecule has 0 fully saturated rings. The summed E-state index contributed by atoms with van der Waals surface area (Å²) in [7, 11) is -6.46. The normalized spacial score (nSPS) is 13.4. The largest absolute Gasteiger partial charge is 0.289 e. The first-order valence-corrected chi connectivity index (χ1v) is 18.7. The summed E-state index contributed by atoms with van der Waals surface area (Å²) in [4.78, 5) is 32.4. The standard InChI is InChI=1S/C18H17NO3S.C10H11N.C8H7ClO3S/c1-11-8-14-9-12(2)19-10-16(14)17(11)18(20)13-4-6-15(7-5-13)23(3,21)22;1-7-3-9-5-8(2)11-6-10(9)4-7;1-13(11,12)7-4-2-6(3-5-7)8(9)10/h4-7,9-10H,8H2,1-3H3;4-6H,3H2,1-2H3;2-5H,1H3. The molecular formula is C36H35ClN2O6S2. The molecule has 11 heteroatoms. The minimum absolute atomic E-state index is 0.0908. The summed E-state index contributed by atoms with van der Waals surface area (Å²) in [5.41, 5.74) is 10.7. The van der Waals surface area contributed by atoms with Crippen molar-refractivity contribution in [3.63, 3.8) is 0 Å². The lowest BCUT2D eigenvalue weighted by Gasteiger charge is -2.07. The van der Waals surface area contributed by atoms with Gasteiger partial charge in [-0.3, -0.25) is 19.6 Å². The van der Waals surface area contributed by atoms with Gasteiger partial charge in [-0.15, -0.1) is 0 Å². The van der Waals surface area contributed by atoms with Gasteiger partial charge in [0.2, 0.25) is 0 Å². The van der Waals surface area contributed by atoms with Crippen LogP contribution in [0.3, 0.4) is 0 Å². The first-order chi connectivity index (χ1) is 21.9. The van der Waals surface area contributed by atoms with Crippen LogP contribution >= 0.6 is 11.6 Å². The zero-order valence-electron chi connectivity index (χ0n) is 27.0. The summed E-state index contributed by atoms with van der Waals surface area (Å²) in [5, 5.41) is -0.597. The lowest BCUT2D eigenvalue weighted by molar-refractivity contribution is 0.105. The van der Waals surface area contributed by atoms with Crippen molar-refractivity contribution in [1.82, 2.24) is 9.97 Å². The van der Waals surface area contributed by atoms with Gasteiger partial charge in [-0.05, 0) is 129 Å². The van der Waals surface area contributed by atoms with Gasteiger partial charge < -0.3 is 0 Å². The van der Waals surface area contributed by atoms with Crippen molar-refractivity contribution < 1.29 is 26.4 Å². The molecule has 0 amide bonds. The Morgan fingerprint density at radius 1 is 0.681 bits per heavy atom. The fourth-order valence-corrected chi connectivity index (χ4v) is 6.65. The van der Waals surface area contributed by atoms with Gasteiger partial charge in [0.1, 0.15) is 0 Å². The van der Waals surface area contributed by atoms with Crippen molar-refractivity contribution in [3.8, 4) is 0 Å². The minimum atomic E-state index is -3.26. The molecular weight excluding hydrogens is 656 g/mol. The smallest absolute Gasteiger partial charge is 0.252 e. The Kier molecular flexibility index (Phi) is 10.8. The molecule has 0 spiro atoms. The third-order valence-electron chi connectivity index (χ3n) is 7.59. The Morgan fingerprint density at radius 3 is 1.68 bits per heavy atom. The molecule has 47 heavy (non-hydrogen) atoms. The van der Waals surface area contributed by atoms with E-state index in [0.29, 0.717) is 11.1 Å². The molecule has 0 aliphatic heterocycles. The molecule has 2 aliphatic rings. The number of halogens is 1. The number of hydrogen-bond donors (Lipinski definition) is 0. The Bertz CT molecular complexity index is 2150. The van der Waals surface area contributed by atoms with Crippen LogP contribution in [0.5, 0.6) is 0 Å². The second-order valence-electron chi connectivity index (χ2n) is 11.7. The Balaban J connectivity index is 0.000000176. The summed E-state index contributed by atoms with van der Waals surface area (Å²) in [6, 6.07) is 15.7. The monoisotopic (exact) mass is 690 g/mol. The lowest BCUT2D eigenvalue weighted by Crippen LogP contribution is -2.04. The van der Waals surface area contributed by atoms with Crippen LogP contribution in [0, 0.1) is 13.8 Å². The van der Waals surface area contributed by atoms with Gasteiger partial charge in [0.15, 0.2) is 25.5 Å². The second-order valence-corrected chi connectivity index (χ2v) is 16.1. The third kappa shape index (κ3) is 8.97. The molecule has 2 heterocycles. The fourth-order valence-electron chi connectivity index (χ4n) is 5.27. The van der Waals surface area contributed by atoms with Gasteiger partial charge in [-0.2, -0.15) is 0 Å². The van der Waals surface area contributed by atoms with Crippen molar-refractivity contribution in [2.24, 2.45) is 0 Å². The molecule has 2 aromatic carbocycles. The van der Waals surface area contributed by atoms with Crippen LogP contribution in [-0.4, -0.2) is 50.3 Å². The molecule has 4 aromatic rings. The molecule has 0 saturated heterocycles. The second kappa shape index (κ2) is 14.3. The number of carbonyl (C=O) groups excluding carboxylic acids is 2. The van der Waals surface area contributed by atoms with E-state index in [1.165, 1.54) is 53.1 Å². The van der Waals surface area contributed by atoms with Gasteiger partial charge in [-0.25, -0.2) is 16.8 Å². The summed E-state index contributed by atoms with van der Waals surface area (Å²) in [6.07, 6.45) is 10.0. The predicted octanol–water partition coefficient (Wildman–Crippen LogP) is 6.82. The summed E-state index contributed by atoms with van der Waals surface area (Å²) < 4.78 is 45.0. The highest BCUT2D eigenvalue weighted by atomic mass is 35.5. The molecule has 0 bridgehead atoms. The number of Topliss-reactive ketones (excluding diaryl/α,β-unsaturated/α-hetero) is 1. The number of sulfone groups is 2. The summed E-state index contributed by atoms with van der Waals surface area (Å²) in [6.45, 7) is 8.08. The number of hydrogen-bond acceptors (Lipinski definition) is 8. The van der Waals surface area contributed by atoms with Crippen LogP contribution < -0.4 is 0 Å². The average Bonchev–Trinajstić information content (AvgIpc) is 3.53. The van der Waals surface area contributed by atoms with Crippen molar-refractivity contribution in [1.29, 1.82) is 0 Å². The Labute approximate surface area is 281 Å². The van der Waals surface area contributed by atoms with Crippen LogP contribution in [-0.2, 0) is 32.5 Å². The number of pyridine rings is 2. The van der Waals surface area contributed by atoms with Crippen LogP contribution in [0.25, 0.3) is 11.6 Å². The molecule has 0 saturated carbocycles. The molecule has 0 unspecified atom stereocenters. The molecule has 2 aromatic heterocycles. The number of fused-ring (bicyclic) bond motifs is 2. The number of allylic oxidation sites excluding steroid dienone is 3. The van der Waals surface area contributed by atoms with E-state index in [1.807, 2.05) is 33.0 Å². The van der Waals surface area contributed by atoms with Crippen LogP contribution in [0.1, 0.15) is 68.2 Å². The maximum absolute atomic E-state index is 12.8. The highest BCUT2D eigenvalue weighted by Gasteiger charge is 2.26. The number of aromatic nitrogens is 2. The van der Waals surface area contributed by atoms with Crippen molar-refractivity contribution in [2.45, 2.75) is 50.3 Å². The van der Waals surface area contributed by atoms with Gasteiger partial charge in [0.25, 0.3) is 5.24 Å². The first kappa shape index (κ1) is 35.6. The fraction of sp³-hybridized carbons (Fsp3) is 0.222. The van der Waals surface area contributed by atoms with Crippen LogP contribution in [0.4, 0.5) is 0 Å². The van der Waals surface area contributed by atoms with E-state index >= 15 is 0 Å². The number of benzene rings is 2. The number of aryl methyl sites for hydroxylation is 2. The number of rotatable bonds is 5. The van der Waals surface area contributed by atoms with Crippen molar-refractivity contribution in [3.05, 3.63) is 129 Å². The summed E-state index contributed by atoms with van der Waals surface area (Å²) >= 11 is 5.18. The maximum atomic E-state index is 12.8. The van der Waals surface area contributed by atoms with E-state index in [9.17, 15) is 26.4 Å². The molecule has 2 aliphatic carbocycles. The minimum Gasteiger partial charge on any atom is -0.289 e. The van der Waals surface area contributed by atoms with E-state index in [4.69, 9.17) is 11.6 Å². The van der Waals surface area contributed by atoms with Gasteiger partial charge in [0.05, 0.1) is 9.79 Å². The molecule has 6 rings (SSSR count). The summed E-state index contributed by atoms with van der Waals surface area (Å²) in [5.74, 6) is -0.0908. The van der Waals surface area contributed by atoms with Crippen molar-refractivity contribution >= 4 is 54.0 Å². The predicted molar refractivity (Wildman–Crippen MR) is 185 cm³/mol. The SMILES string of the molecule is CC1=C(C(=O)c2ccc(S(C)(=O)=O)cc2)c2cnc(C)cc2C1.CC1=Cc2cnc(C)cc2C1.CS(=O)(=O)c1ccc(C(=O)Cl)cc1. The molecule has 8 nitrogen and oxygen atoms in total. The van der Waals surface area contributed by atoms with E-state index in [0.717, 1.165) is 53.4 Å². The molecule has 0 N–H and O–H groups in total. The van der Waals surface area contributed by atoms with Crippen molar-refractivity contribution in [2.75, 3.05) is 12.5 Å².